The van der Waals surface area contributed by atoms with Gasteiger partial charge in [-0.25, -0.2) is 0 Å². The maximum Gasteiger partial charge on any atom is 0.255 e. The SMILES string of the molecule is COc1ccc(Cl)cc1C(=O)NC[C@H]1CCN(C2CCCC2)C1. The van der Waals surface area contributed by atoms with Gasteiger partial charge in [0.05, 0.1) is 12.7 Å². The molecular weight excluding hydrogens is 312 g/mol. The number of amides is 1. The molecule has 1 saturated carbocycles. The topological polar surface area (TPSA) is 41.6 Å². The first-order valence-corrected chi connectivity index (χ1v) is 8.91. The van der Waals surface area contributed by atoms with Crippen molar-refractivity contribution in [3.8, 4) is 5.75 Å². The fourth-order valence-electron chi connectivity index (χ4n) is 3.82. The minimum Gasteiger partial charge on any atom is -0.496 e. The summed E-state index contributed by atoms with van der Waals surface area (Å²) in [6.45, 7) is 3.00. The van der Waals surface area contributed by atoms with Crippen molar-refractivity contribution in [3.05, 3.63) is 28.8 Å². The largest absolute Gasteiger partial charge is 0.496 e. The summed E-state index contributed by atoms with van der Waals surface area (Å²) in [5.74, 6) is 0.999. The van der Waals surface area contributed by atoms with Crippen LogP contribution in [-0.4, -0.2) is 43.6 Å². The van der Waals surface area contributed by atoms with Crippen LogP contribution in [0.5, 0.6) is 5.75 Å². The average molecular weight is 337 g/mol. The standard InChI is InChI=1S/C18H25ClN2O2/c1-23-17-7-6-14(19)10-16(17)18(22)20-11-13-8-9-21(12-13)15-4-2-3-5-15/h6-7,10,13,15H,2-5,8-9,11-12H2,1H3,(H,20,22)/t13-/m1/s1. The van der Waals surface area contributed by atoms with Crippen LogP contribution < -0.4 is 10.1 Å². The molecule has 126 valence electrons. The number of rotatable bonds is 5. The maximum atomic E-state index is 12.4. The van der Waals surface area contributed by atoms with Crippen LogP contribution in [0.4, 0.5) is 0 Å². The molecule has 0 aromatic heterocycles. The molecule has 1 amide bonds. The average Bonchev–Trinajstić information content (AvgIpc) is 3.23. The number of hydrogen-bond donors (Lipinski definition) is 1. The number of nitrogens with zero attached hydrogens (tertiary/aromatic N) is 1. The third-order valence-electron chi connectivity index (χ3n) is 5.12. The first kappa shape index (κ1) is 16.6. The Balaban J connectivity index is 1.52. The lowest BCUT2D eigenvalue weighted by Crippen LogP contribution is -2.34. The zero-order chi connectivity index (χ0) is 16.2. The Morgan fingerprint density at radius 3 is 2.87 bits per heavy atom. The number of carbonyl (C=O) groups excluding carboxylic acids is 1. The second-order valence-electron chi connectivity index (χ2n) is 6.64. The third kappa shape index (κ3) is 3.99. The van der Waals surface area contributed by atoms with Gasteiger partial charge in [0.1, 0.15) is 5.75 Å². The van der Waals surface area contributed by atoms with Gasteiger partial charge < -0.3 is 15.0 Å². The van der Waals surface area contributed by atoms with E-state index in [1.54, 1.807) is 25.3 Å². The second-order valence-corrected chi connectivity index (χ2v) is 7.08. The summed E-state index contributed by atoms with van der Waals surface area (Å²) in [4.78, 5) is 15.0. The Labute approximate surface area is 143 Å². The minimum atomic E-state index is -0.108. The summed E-state index contributed by atoms with van der Waals surface area (Å²) in [5, 5.41) is 3.60. The van der Waals surface area contributed by atoms with Crippen LogP contribution in [-0.2, 0) is 0 Å². The first-order valence-electron chi connectivity index (χ1n) is 8.53. The summed E-state index contributed by atoms with van der Waals surface area (Å²) in [6, 6.07) is 5.90. The van der Waals surface area contributed by atoms with Crippen molar-refractivity contribution in [1.82, 2.24) is 10.2 Å². The smallest absolute Gasteiger partial charge is 0.255 e. The van der Waals surface area contributed by atoms with Crippen LogP contribution in [0.3, 0.4) is 0 Å². The molecule has 1 saturated heterocycles. The van der Waals surface area contributed by atoms with Crippen LogP contribution in [0, 0.1) is 5.92 Å². The summed E-state index contributed by atoms with van der Waals surface area (Å²) >= 11 is 5.99. The summed E-state index contributed by atoms with van der Waals surface area (Å²) in [5.41, 5.74) is 0.505. The van der Waals surface area contributed by atoms with E-state index in [4.69, 9.17) is 16.3 Å². The predicted molar refractivity (Wildman–Crippen MR) is 92.3 cm³/mol. The molecule has 2 aliphatic rings. The quantitative estimate of drug-likeness (QED) is 0.896. The highest BCUT2D eigenvalue weighted by atomic mass is 35.5. The van der Waals surface area contributed by atoms with E-state index in [-0.39, 0.29) is 5.91 Å². The van der Waals surface area contributed by atoms with E-state index in [9.17, 15) is 4.79 Å². The number of nitrogens with one attached hydrogen (secondary N) is 1. The lowest BCUT2D eigenvalue weighted by Gasteiger charge is -2.23. The number of likely N-dealkylation sites (tertiary alicyclic amines) is 1. The Morgan fingerprint density at radius 1 is 1.35 bits per heavy atom. The normalized spacial score (nSPS) is 22.4. The van der Waals surface area contributed by atoms with E-state index >= 15 is 0 Å². The predicted octanol–water partition coefficient (Wildman–Crippen LogP) is 3.34. The Hall–Kier alpha value is -1.26. The lowest BCUT2D eigenvalue weighted by molar-refractivity contribution is 0.0944. The summed E-state index contributed by atoms with van der Waals surface area (Å²) < 4.78 is 5.25. The van der Waals surface area contributed by atoms with Gasteiger partial charge in [0, 0.05) is 24.2 Å². The van der Waals surface area contributed by atoms with Gasteiger partial charge in [-0.15, -0.1) is 0 Å². The summed E-state index contributed by atoms with van der Waals surface area (Å²) in [7, 11) is 1.57. The van der Waals surface area contributed by atoms with E-state index in [1.165, 1.54) is 38.6 Å². The number of halogens is 1. The van der Waals surface area contributed by atoms with Gasteiger partial charge >= 0.3 is 0 Å². The van der Waals surface area contributed by atoms with E-state index in [0.717, 1.165) is 19.1 Å². The number of benzene rings is 1. The van der Waals surface area contributed by atoms with Crippen LogP contribution in [0.1, 0.15) is 42.5 Å². The molecule has 0 spiro atoms. The molecule has 5 heteroatoms. The lowest BCUT2D eigenvalue weighted by atomic mass is 10.1. The molecule has 1 aliphatic carbocycles. The number of hydrogen-bond acceptors (Lipinski definition) is 3. The van der Waals surface area contributed by atoms with Crippen molar-refractivity contribution in [1.29, 1.82) is 0 Å². The number of carbonyl (C=O) groups is 1. The van der Waals surface area contributed by atoms with Crippen molar-refractivity contribution < 1.29 is 9.53 Å². The molecule has 1 aliphatic heterocycles. The highest BCUT2D eigenvalue weighted by molar-refractivity contribution is 6.31. The Morgan fingerprint density at radius 2 is 2.13 bits per heavy atom. The van der Waals surface area contributed by atoms with E-state index < -0.39 is 0 Å². The molecule has 0 bridgehead atoms. The second kappa shape index (κ2) is 7.54. The monoisotopic (exact) mass is 336 g/mol. The van der Waals surface area contributed by atoms with Crippen molar-refractivity contribution >= 4 is 17.5 Å². The van der Waals surface area contributed by atoms with Gasteiger partial charge in [-0.1, -0.05) is 24.4 Å². The van der Waals surface area contributed by atoms with Crippen LogP contribution in [0.25, 0.3) is 0 Å². The number of ether oxygens (including phenoxy) is 1. The van der Waals surface area contributed by atoms with Gasteiger partial charge in [0.15, 0.2) is 0 Å². The molecule has 0 unspecified atom stereocenters. The van der Waals surface area contributed by atoms with E-state index in [2.05, 4.69) is 10.2 Å². The maximum absolute atomic E-state index is 12.4. The first-order chi connectivity index (χ1) is 11.2. The van der Waals surface area contributed by atoms with Gasteiger partial charge in [0.25, 0.3) is 5.91 Å². The van der Waals surface area contributed by atoms with E-state index in [0.29, 0.717) is 22.3 Å². The molecule has 0 radical (unpaired) electrons. The molecular formula is C18H25ClN2O2. The van der Waals surface area contributed by atoms with Crippen LogP contribution in [0.15, 0.2) is 18.2 Å². The molecule has 23 heavy (non-hydrogen) atoms. The highest BCUT2D eigenvalue weighted by Crippen LogP contribution is 2.28. The zero-order valence-corrected chi connectivity index (χ0v) is 14.4. The van der Waals surface area contributed by atoms with Crippen molar-refractivity contribution in [2.45, 2.75) is 38.1 Å². The highest BCUT2D eigenvalue weighted by Gasteiger charge is 2.30. The molecule has 4 nitrogen and oxygen atoms in total. The zero-order valence-electron chi connectivity index (χ0n) is 13.7. The molecule has 1 heterocycles. The van der Waals surface area contributed by atoms with Crippen molar-refractivity contribution in [2.24, 2.45) is 5.92 Å². The van der Waals surface area contributed by atoms with Crippen LogP contribution >= 0.6 is 11.6 Å². The van der Waals surface area contributed by atoms with E-state index in [1.807, 2.05) is 0 Å². The number of methoxy groups -OCH3 is 1. The van der Waals surface area contributed by atoms with Gasteiger partial charge in [-0.3, -0.25) is 4.79 Å². The Bertz CT molecular complexity index is 558. The molecule has 1 aromatic rings. The fourth-order valence-corrected chi connectivity index (χ4v) is 3.99. The van der Waals surface area contributed by atoms with Crippen molar-refractivity contribution in [2.75, 3.05) is 26.7 Å². The molecule has 1 atom stereocenters. The van der Waals surface area contributed by atoms with Crippen molar-refractivity contribution in [3.63, 3.8) is 0 Å². The van der Waals surface area contributed by atoms with Gasteiger partial charge in [0.2, 0.25) is 0 Å². The van der Waals surface area contributed by atoms with Crippen LogP contribution in [0.2, 0.25) is 5.02 Å². The van der Waals surface area contributed by atoms with Gasteiger partial charge in [-0.05, 0) is 49.9 Å². The molecule has 3 rings (SSSR count). The Kier molecular flexibility index (Phi) is 5.44. The molecule has 1 N–H and O–H groups in total. The minimum absolute atomic E-state index is 0.108. The summed E-state index contributed by atoms with van der Waals surface area (Å²) in [6.07, 6.45) is 6.61. The molecule has 2 fully saturated rings. The fraction of sp³-hybridized carbons (Fsp3) is 0.611. The van der Waals surface area contributed by atoms with Gasteiger partial charge in [-0.2, -0.15) is 0 Å². The molecule has 1 aromatic carbocycles. The third-order valence-corrected chi connectivity index (χ3v) is 5.35.